The maximum Gasteiger partial charge on any atom is 0.232 e. The van der Waals surface area contributed by atoms with E-state index in [-0.39, 0.29) is 5.78 Å². The van der Waals surface area contributed by atoms with Gasteiger partial charge in [0.25, 0.3) is 0 Å². The summed E-state index contributed by atoms with van der Waals surface area (Å²) in [7, 11) is 1.87. The van der Waals surface area contributed by atoms with Crippen molar-refractivity contribution in [2.24, 2.45) is 0 Å². The second-order valence-corrected chi connectivity index (χ2v) is 5.37. The fraction of sp³-hybridized carbons (Fsp3) is 0.0625. The molecule has 2 aromatic rings. The van der Waals surface area contributed by atoms with Crippen molar-refractivity contribution in [3.05, 3.63) is 63.8 Å². The van der Waals surface area contributed by atoms with E-state index < -0.39 is 0 Å². The maximum absolute atomic E-state index is 12.2. The van der Waals surface area contributed by atoms with E-state index in [1.54, 1.807) is 18.2 Å². The van der Waals surface area contributed by atoms with Crippen LogP contribution in [0.3, 0.4) is 0 Å². The summed E-state index contributed by atoms with van der Waals surface area (Å²) in [6.07, 6.45) is 1.76. The number of hydrogen-bond donors (Lipinski definition) is 1. The quantitative estimate of drug-likeness (QED) is 0.843. The van der Waals surface area contributed by atoms with Crippen LogP contribution < -0.4 is 10.1 Å². The second kappa shape index (κ2) is 5.13. The van der Waals surface area contributed by atoms with E-state index in [0.29, 0.717) is 17.1 Å². The Morgan fingerprint density at radius 3 is 2.60 bits per heavy atom. The molecule has 0 bridgehead atoms. The van der Waals surface area contributed by atoms with Gasteiger partial charge in [0.1, 0.15) is 5.75 Å². The molecule has 3 nitrogen and oxygen atoms in total. The number of anilines is 1. The Balaban J connectivity index is 1.92. The van der Waals surface area contributed by atoms with E-state index in [4.69, 9.17) is 4.74 Å². The fourth-order valence-corrected chi connectivity index (χ4v) is 2.42. The number of benzene rings is 2. The first-order valence-corrected chi connectivity index (χ1v) is 6.98. The SMILES string of the molecule is CNc1ccc(/C=C2\Oc3ccc(Br)cc3C2=O)cc1. The largest absolute Gasteiger partial charge is 0.452 e. The van der Waals surface area contributed by atoms with Crippen LogP contribution in [0.5, 0.6) is 5.75 Å². The maximum atomic E-state index is 12.2. The summed E-state index contributed by atoms with van der Waals surface area (Å²) in [6, 6.07) is 13.2. The van der Waals surface area contributed by atoms with Gasteiger partial charge in [-0.25, -0.2) is 0 Å². The molecule has 0 saturated heterocycles. The Morgan fingerprint density at radius 1 is 1.15 bits per heavy atom. The summed E-state index contributed by atoms with van der Waals surface area (Å²) in [5.74, 6) is 0.880. The van der Waals surface area contributed by atoms with Crippen LogP contribution in [0, 0.1) is 0 Å². The van der Waals surface area contributed by atoms with Crippen LogP contribution in [0.4, 0.5) is 5.69 Å². The summed E-state index contributed by atoms with van der Waals surface area (Å²) in [5, 5.41) is 3.05. The zero-order valence-electron chi connectivity index (χ0n) is 10.8. The third-order valence-electron chi connectivity index (χ3n) is 3.13. The van der Waals surface area contributed by atoms with Crippen molar-refractivity contribution in [1.82, 2.24) is 0 Å². The molecule has 0 amide bonds. The molecule has 2 aromatic carbocycles. The number of ketones is 1. The van der Waals surface area contributed by atoms with Crippen LogP contribution in [0.2, 0.25) is 0 Å². The van der Waals surface area contributed by atoms with Crippen LogP contribution in [-0.4, -0.2) is 12.8 Å². The highest BCUT2D eigenvalue weighted by atomic mass is 79.9. The van der Waals surface area contributed by atoms with Crippen molar-refractivity contribution in [2.75, 3.05) is 12.4 Å². The molecule has 0 saturated carbocycles. The monoisotopic (exact) mass is 329 g/mol. The smallest absolute Gasteiger partial charge is 0.232 e. The topological polar surface area (TPSA) is 38.3 Å². The molecule has 0 unspecified atom stereocenters. The number of nitrogens with one attached hydrogen (secondary N) is 1. The van der Waals surface area contributed by atoms with Gasteiger partial charge in [0.15, 0.2) is 5.76 Å². The zero-order chi connectivity index (χ0) is 14.1. The number of ether oxygens (including phenoxy) is 1. The molecule has 20 heavy (non-hydrogen) atoms. The lowest BCUT2D eigenvalue weighted by molar-refractivity contribution is 0.101. The van der Waals surface area contributed by atoms with Gasteiger partial charge in [-0.3, -0.25) is 4.79 Å². The number of carbonyl (C=O) groups is 1. The van der Waals surface area contributed by atoms with Gasteiger partial charge in [-0.15, -0.1) is 0 Å². The highest BCUT2D eigenvalue weighted by Crippen LogP contribution is 2.33. The fourth-order valence-electron chi connectivity index (χ4n) is 2.06. The van der Waals surface area contributed by atoms with E-state index in [0.717, 1.165) is 15.7 Å². The van der Waals surface area contributed by atoms with Crippen LogP contribution in [0.15, 0.2) is 52.7 Å². The number of allylic oxidation sites excluding steroid dienone is 1. The molecule has 1 heterocycles. The molecule has 0 fully saturated rings. The van der Waals surface area contributed by atoms with Crippen molar-refractivity contribution in [3.8, 4) is 5.75 Å². The minimum absolute atomic E-state index is 0.0843. The molecule has 0 spiro atoms. The predicted octanol–water partition coefficient (Wildman–Crippen LogP) is 4.11. The van der Waals surface area contributed by atoms with E-state index in [1.807, 2.05) is 37.4 Å². The highest BCUT2D eigenvalue weighted by molar-refractivity contribution is 9.10. The van der Waals surface area contributed by atoms with Gasteiger partial charge in [-0.05, 0) is 42.0 Å². The molecule has 1 aliphatic rings. The second-order valence-electron chi connectivity index (χ2n) is 4.45. The lowest BCUT2D eigenvalue weighted by Gasteiger charge is -2.01. The van der Waals surface area contributed by atoms with Gasteiger partial charge in [0.2, 0.25) is 5.78 Å². The summed E-state index contributed by atoms with van der Waals surface area (Å²) in [6.45, 7) is 0. The molecule has 100 valence electrons. The first-order chi connectivity index (χ1) is 9.67. The Labute approximate surface area is 125 Å². The number of carbonyl (C=O) groups excluding carboxylic acids is 1. The minimum Gasteiger partial charge on any atom is -0.452 e. The molecule has 0 atom stereocenters. The van der Waals surface area contributed by atoms with E-state index in [9.17, 15) is 4.79 Å². The van der Waals surface area contributed by atoms with Gasteiger partial charge < -0.3 is 10.1 Å². The van der Waals surface area contributed by atoms with E-state index in [1.165, 1.54) is 0 Å². The highest BCUT2D eigenvalue weighted by Gasteiger charge is 2.27. The van der Waals surface area contributed by atoms with Crippen LogP contribution in [0.25, 0.3) is 6.08 Å². The van der Waals surface area contributed by atoms with E-state index >= 15 is 0 Å². The van der Waals surface area contributed by atoms with Crippen molar-refractivity contribution in [1.29, 1.82) is 0 Å². The van der Waals surface area contributed by atoms with Crippen LogP contribution >= 0.6 is 15.9 Å². The zero-order valence-corrected chi connectivity index (χ0v) is 12.4. The normalized spacial score (nSPS) is 15.1. The van der Waals surface area contributed by atoms with Crippen molar-refractivity contribution < 1.29 is 9.53 Å². The van der Waals surface area contributed by atoms with Crippen LogP contribution in [-0.2, 0) is 0 Å². The minimum atomic E-state index is -0.0843. The predicted molar refractivity (Wildman–Crippen MR) is 83.1 cm³/mol. The molecule has 1 N–H and O–H groups in total. The van der Waals surface area contributed by atoms with Crippen molar-refractivity contribution >= 4 is 33.5 Å². The third-order valence-corrected chi connectivity index (χ3v) is 3.62. The Bertz CT molecular complexity index is 705. The molecule has 4 heteroatoms. The van der Waals surface area contributed by atoms with Crippen molar-refractivity contribution in [3.63, 3.8) is 0 Å². The Morgan fingerprint density at radius 2 is 1.90 bits per heavy atom. The average molecular weight is 330 g/mol. The molecular formula is C16H12BrNO2. The third kappa shape index (κ3) is 2.34. The standard InChI is InChI=1S/C16H12BrNO2/c1-18-12-5-2-10(3-6-12)8-15-16(19)13-9-11(17)4-7-14(13)20-15/h2-9,18H,1H3/b15-8-. The lowest BCUT2D eigenvalue weighted by Crippen LogP contribution is -1.98. The van der Waals surface area contributed by atoms with Crippen molar-refractivity contribution in [2.45, 2.75) is 0 Å². The van der Waals surface area contributed by atoms with Crippen LogP contribution in [0.1, 0.15) is 15.9 Å². The molecule has 0 aliphatic carbocycles. The number of Topliss-reactive ketones (excluding diaryl/α,β-unsaturated/α-hetero) is 1. The number of halogens is 1. The molecule has 0 aromatic heterocycles. The summed E-state index contributed by atoms with van der Waals surface area (Å²) >= 11 is 3.36. The van der Waals surface area contributed by atoms with E-state index in [2.05, 4.69) is 21.2 Å². The number of hydrogen-bond acceptors (Lipinski definition) is 3. The first kappa shape index (κ1) is 12.9. The lowest BCUT2D eigenvalue weighted by atomic mass is 10.1. The summed E-state index contributed by atoms with van der Waals surface area (Å²) in [4.78, 5) is 12.2. The van der Waals surface area contributed by atoms with Gasteiger partial charge in [0.05, 0.1) is 5.56 Å². The Hall–Kier alpha value is -2.07. The molecular weight excluding hydrogens is 318 g/mol. The number of rotatable bonds is 2. The summed E-state index contributed by atoms with van der Waals surface area (Å²) < 4.78 is 6.48. The van der Waals surface area contributed by atoms with Gasteiger partial charge in [-0.1, -0.05) is 28.1 Å². The molecule has 1 aliphatic heterocycles. The Kier molecular flexibility index (Phi) is 3.32. The molecule has 0 radical (unpaired) electrons. The summed E-state index contributed by atoms with van der Waals surface area (Å²) in [5.41, 5.74) is 2.55. The first-order valence-electron chi connectivity index (χ1n) is 6.19. The van der Waals surface area contributed by atoms with Gasteiger partial charge >= 0.3 is 0 Å². The average Bonchev–Trinajstić information content (AvgIpc) is 2.76. The molecule has 3 rings (SSSR count). The van der Waals surface area contributed by atoms with Gasteiger partial charge in [0, 0.05) is 17.2 Å². The number of fused-ring (bicyclic) bond motifs is 1. The van der Waals surface area contributed by atoms with Gasteiger partial charge in [-0.2, -0.15) is 0 Å².